The molecule has 0 bridgehead atoms. The van der Waals surface area contributed by atoms with E-state index in [-0.39, 0.29) is 17.9 Å². The fourth-order valence-corrected chi connectivity index (χ4v) is 5.41. The molecular formula is C19H22N2O6S. The number of ether oxygens (including phenoxy) is 1. The molecule has 1 fully saturated rings. The summed E-state index contributed by atoms with van der Waals surface area (Å²) >= 11 is 0. The zero-order chi connectivity index (χ0) is 20.5. The number of hydrogen-bond donors (Lipinski definition) is 3. The van der Waals surface area contributed by atoms with Crippen molar-refractivity contribution in [2.75, 3.05) is 13.2 Å². The number of aryl methyl sites for hydroxylation is 2. The summed E-state index contributed by atoms with van der Waals surface area (Å²) < 4.78 is 31.3. The van der Waals surface area contributed by atoms with Gasteiger partial charge in [-0.3, -0.25) is 15.0 Å². The first-order valence-electron chi connectivity index (χ1n) is 8.73. The van der Waals surface area contributed by atoms with Crippen LogP contribution in [0.5, 0.6) is 0 Å². The standard InChI is InChI=1S/C19H22N2O6S/c1-12-9-15(10-13(2)20-12)14-3-5-16(6-4-14)28(25,26)17-7-8-27-11-19(17,23)18(22)21-24/h3-6,9-10,17,23-24H,7-8,11H2,1-2H3,(H,21,22). The molecular weight excluding hydrogens is 384 g/mol. The van der Waals surface area contributed by atoms with Gasteiger partial charge in [0.2, 0.25) is 0 Å². The molecule has 150 valence electrons. The molecule has 1 amide bonds. The summed E-state index contributed by atoms with van der Waals surface area (Å²) in [6.07, 6.45) is -0.0727. The summed E-state index contributed by atoms with van der Waals surface area (Å²) in [7, 11) is -4.05. The number of hydroxylamine groups is 1. The van der Waals surface area contributed by atoms with Gasteiger partial charge in [0.05, 0.1) is 11.5 Å². The highest BCUT2D eigenvalue weighted by atomic mass is 32.2. The average molecular weight is 406 g/mol. The van der Waals surface area contributed by atoms with Crippen molar-refractivity contribution in [3.05, 3.63) is 47.8 Å². The van der Waals surface area contributed by atoms with Crippen LogP contribution in [0.4, 0.5) is 0 Å². The number of nitrogens with zero attached hydrogens (tertiary/aromatic N) is 1. The summed E-state index contributed by atoms with van der Waals surface area (Å²) in [5, 5.41) is 18.1. The molecule has 8 nitrogen and oxygen atoms in total. The van der Waals surface area contributed by atoms with Crippen LogP contribution in [0.1, 0.15) is 17.8 Å². The lowest BCUT2D eigenvalue weighted by Gasteiger charge is -2.36. The maximum absolute atomic E-state index is 13.1. The van der Waals surface area contributed by atoms with Crippen LogP contribution < -0.4 is 5.48 Å². The lowest BCUT2D eigenvalue weighted by atomic mass is 9.95. The van der Waals surface area contributed by atoms with Gasteiger partial charge in [-0.2, -0.15) is 0 Å². The molecule has 2 aromatic rings. The first kappa shape index (κ1) is 20.4. The fourth-order valence-electron chi connectivity index (χ4n) is 3.47. The van der Waals surface area contributed by atoms with Crippen molar-refractivity contribution in [2.24, 2.45) is 0 Å². The quantitative estimate of drug-likeness (QED) is 0.514. The summed E-state index contributed by atoms with van der Waals surface area (Å²) in [5.41, 5.74) is 2.41. The van der Waals surface area contributed by atoms with Gasteiger partial charge in [-0.1, -0.05) is 12.1 Å². The Morgan fingerprint density at radius 2 is 1.79 bits per heavy atom. The van der Waals surface area contributed by atoms with Gasteiger partial charge in [-0.15, -0.1) is 0 Å². The molecule has 0 saturated carbocycles. The molecule has 1 aliphatic rings. The van der Waals surface area contributed by atoms with E-state index in [1.165, 1.54) is 17.6 Å². The van der Waals surface area contributed by atoms with E-state index in [9.17, 15) is 18.3 Å². The maximum atomic E-state index is 13.1. The van der Waals surface area contributed by atoms with E-state index in [1.54, 1.807) is 12.1 Å². The van der Waals surface area contributed by atoms with Crippen LogP contribution >= 0.6 is 0 Å². The largest absolute Gasteiger partial charge is 0.378 e. The molecule has 1 aliphatic heterocycles. The highest BCUT2D eigenvalue weighted by molar-refractivity contribution is 7.92. The van der Waals surface area contributed by atoms with Gasteiger partial charge < -0.3 is 9.84 Å². The fraction of sp³-hybridized carbons (Fsp3) is 0.368. The number of aromatic nitrogens is 1. The minimum Gasteiger partial charge on any atom is -0.378 e. The molecule has 9 heteroatoms. The van der Waals surface area contributed by atoms with Gasteiger partial charge in [0.25, 0.3) is 5.91 Å². The lowest BCUT2D eigenvalue weighted by Crippen LogP contribution is -2.62. The molecule has 3 rings (SSSR count). The monoisotopic (exact) mass is 406 g/mol. The Kier molecular flexibility index (Phi) is 5.53. The third-order valence-corrected chi connectivity index (χ3v) is 7.15. The van der Waals surface area contributed by atoms with Gasteiger partial charge in [-0.25, -0.2) is 13.9 Å². The van der Waals surface area contributed by atoms with E-state index in [0.717, 1.165) is 22.5 Å². The van der Waals surface area contributed by atoms with Crippen molar-refractivity contribution < 1.29 is 28.3 Å². The van der Waals surface area contributed by atoms with E-state index >= 15 is 0 Å². The van der Waals surface area contributed by atoms with Crippen molar-refractivity contribution in [3.8, 4) is 11.1 Å². The average Bonchev–Trinajstić information content (AvgIpc) is 2.66. The molecule has 2 unspecified atom stereocenters. The highest BCUT2D eigenvalue weighted by Crippen LogP contribution is 2.32. The van der Waals surface area contributed by atoms with Crippen molar-refractivity contribution in [3.63, 3.8) is 0 Å². The smallest absolute Gasteiger partial charge is 0.279 e. The first-order valence-corrected chi connectivity index (χ1v) is 10.3. The first-order chi connectivity index (χ1) is 13.2. The Hall–Kier alpha value is -2.33. The maximum Gasteiger partial charge on any atom is 0.279 e. The zero-order valence-electron chi connectivity index (χ0n) is 15.5. The van der Waals surface area contributed by atoms with E-state index in [1.807, 2.05) is 26.0 Å². The number of benzene rings is 1. The number of pyridine rings is 1. The summed E-state index contributed by atoms with van der Waals surface area (Å²) in [4.78, 5) is 16.2. The second kappa shape index (κ2) is 7.59. The van der Waals surface area contributed by atoms with Gasteiger partial charge >= 0.3 is 0 Å². The topological polar surface area (TPSA) is 126 Å². The summed E-state index contributed by atoms with van der Waals surface area (Å²) in [6.45, 7) is 3.33. The van der Waals surface area contributed by atoms with Crippen LogP contribution in [0.2, 0.25) is 0 Å². The van der Waals surface area contributed by atoms with E-state index in [0.29, 0.717) is 0 Å². The number of hydrogen-bond acceptors (Lipinski definition) is 7. The molecule has 1 saturated heterocycles. The third kappa shape index (κ3) is 3.66. The number of carbonyl (C=O) groups excluding carboxylic acids is 1. The van der Waals surface area contributed by atoms with Crippen LogP contribution in [0.3, 0.4) is 0 Å². The van der Waals surface area contributed by atoms with Crippen molar-refractivity contribution in [1.82, 2.24) is 10.5 Å². The molecule has 1 aromatic heterocycles. The molecule has 1 aromatic carbocycles. The minimum atomic E-state index is -4.05. The van der Waals surface area contributed by atoms with Gasteiger partial charge in [-0.05, 0) is 55.7 Å². The van der Waals surface area contributed by atoms with Crippen molar-refractivity contribution >= 4 is 15.7 Å². The molecule has 0 spiro atoms. The predicted octanol–water partition coefficient (Wildman–Crippen LogP) is 1.16. The number of sulfone groups is 1. The molecule has 0 aliphatic carbocycles. The highest BCUT2D eigenvalue weighted by Gasteiger charge is 2.53. The lowest BCUT2D eigenvalue weighted by molar-refractivity contribution is -0.161. The predicted molar refractivity (Wildman–Crippen MR) is 100 cm³/mol. The second-order valence-corrected chi connectivity index (χ2v) is 9.03. The van der Waals surface area contributed by atoms with Gasteiger partial charge in [0, 0.05) is 18.0 Å². The zero-order valence-corrected chi connectivity index (χ0v) is 16.4. The molecule has 28 heavy (non-hydrogen) atoms. The molecule has 3 N–H and O–H groups in total. The number of nitrogens with one attached hydrogen (secondary N) is 1. The van der Waals surface area contributed by atoms with Crippen LogP contribution in [0.15, 0.2) is 41.3 Å². The Balaban J connectivity index is 1.96. The van der Waals surface area contributed by atoms with Crippen molar-refractivity contribution in [2.45, 2.75) is 36.0 Å². The van der Waals surface area contributed by atoms with Crippen LogP contribution in [0, 0.1) is 13.8 Å². The Morgan fingerprint density at radius 3 is 2.36 bits per heavy atom. The number of carbonyl (C=O) groups is 1. The summed E-state index contributed by atoms with van der Waals surface area (Å²) in [6, 6.07) is 10.0. The van der Waals surface area contributed by atoms with E-state index in [2.05, 4.69) is 4.98 Å². The molecule has 2 atom stereocenters. The van der Waals surface area contributed by atoms with Crippen LogP contribution in [-0.2, 0) is 19.4 Å². The second-order valence-electron chi connectivity index (χ2n) is 6.90. The van der Waals surface area contributed by atoms with E-state index in [4.69, 9.17) is 9.94 Å². The summed E-state index contributed by atoms with van der Waals surface area (Å²) in [5.74, 6) is -1.21. The molecule has 2 heterocycles. The molecule has 0 radical (unpaired) electrons. The Morgan fingerprint density at radius 1 is 1.18 bits per heavy atom. The van der Waals surface area contributed by atoms with Crippen LogP contribution in [-0.4, -0.2) is 53.7 Å². The Bertz CT molecular complexity index is 970. The normalized spacial score (nSPS) is 22.6. The number of aliphatic hydroxyl groups is 1. The van der Waals surface area contributed by atoms with Gasteiger partial charge in [0.15, 0.2) is 15.4 Å². The van der Waals surface area contributed by atoms with Crippen molar-refractivity contribution in [1.29, 1.82) is 0 Å². The number of rotatable bonds is 4. The number of amides is 1. The van der Waals surface area contributed by atoms with Gasteiger partial charge in [0.1, 0.15) is 5.25 Å². The minimum absolute atomic E-state index is 0.0187. The SMILES string of the molecule is Cc1cc(-c2ccc(S(=O)(=O)C3CCOCC3(O)C(=O)NO)cc2)cc(C)n1. The Labute approximate surface area is 163 Å². The van der Waals surface area contributed by atoms with E-state index < -0.39 is 33.2 Å². The van der Waals surface area contributed by atoms with Crippen LogP contribution in [0.25, 0.3) is 11.1 Å². The third-order valence-electron chi connectivity index (χ3n) is 4.85.